The highest BCUT2D eigenvalue weighted by molar-refractivity contribution is 6.19. The second-order valence-corrected chi connectivity index (χ2v) is 15.2. The SMILES string of the molecule is c1ccc(-c2ccc(N(c3ccccc3)c3ccc4c(c3)C3(c5ccccc5-4)c4ccccc4-c4c3ccc3c4c4ccccc4n3-c3ccccc3)cc2)cc1. The molecule has 0 aliphatic heterocycles. The average Bonchev–Trinajstić information content (AvgIpc) is 3.89. The first-order valence-corrected chi connectivity index (χ1v) is 19.8. The molecule has 2 aliphatic carbocycles. The summed E-state index contributed by atoms with van der Waals surface area (Å²) in [6, 6.07) is 80.4. The topological polar surface area (TPSA) is 8.17 Å². The van der Waals surface area contributed by atoms with E-state index >= 15 is 0 Å². The third kappa shape index (κ3) is 4.47. The minimum absolute atomic E-state index is 0.502. The van der Waals surface area contributed by atoms with Gasteiger partial charge in [-0.2, -0.15) is 0 Å². The van der Waals surface area contributed by atoms with Crippen molar-refractivity contribution >= 4 is 38.9 Å². The molecular weight excluding hydrogens is 689 g/mol. The quantitative estimate of drug-likeness (QED) is 0.172. The van der Waals surface area contributed by atoms with E-state index in [2.05, 4.69) is 228 Å². The first-order chi connectivity index (χ1) is 28.3. The van der Waals surface area contributed by atoms with Crippen LogP contribution in [0, 0.1) is 0 Å². The monoisotopic (exact) mass is 724 g/mol. The lowest BCUT2D eigenvalue weighted by atomic mass is 9.70. The van der Waals surface area contributed by atoms with E-state index in [0.717, 1.165) is 17.1 Å². The second kappa shape index (κ2) is 12.3. The van der Waals surface area contributed by atoms with Crippen LogP contribution in [0.2, 0.25) is 0 Å². The molecule has 0 saturated heterocycles. The molecule has 0 radical (unpaired) electrons. The average molecular weight is 725 g/mol. The maximum Gasteiger partial charge on any atom is 0.0726 e. The Hall–Kier alpha value is -7.42. The van der Waals surface area contributed by atoms with Crippen LogP contribution in [0.3, 0.4) is 0 Å². The van der Waals surface area contributed by atoms with Gasteiger partial charge in [-0.05, 0) is 116 Å². The van der Waals surface area contributed by atoms with Crippen LogP contribution in [0.25, 0.3) is 60.9 Å². The van der Waals surface area contributed by atoms with Crippen molar-refractivity contribution in [3.63, 3.8) is 0 Å². The van der Waals surface area contributed by atoms with Crippen molar-refractivity contribution in [1.82, 2.24) is 4.57 Å². The summed E-state index contributed by atoms with van der Waals surface area (Å²) >= 11 is 0. The Kier molecular flexibility index (Phi) is 6.88. The number of nitrogens with zero attached hydrogens (tertiary/aromatic N) is 2. The summed E-state index contributed by atoms with van der Waals surface area (Å²) in [4.78, 5) is 2.41. The Labute approximate surface area is 332 Å². The van der Waals surface area contributed by atoms with Crippen LogP contribution in [0.4, 0.5) is 17.1 Å². The van der Waals surface area contributed by atoms with Crippen molar-refractivity contribution in [2.24, 2.45) is 0 Å². The molecule has 266 valence electrons. The molecular formula is C55H36N2. The van der Waals surface area contributed by atoms with Gasteiger partial charge in [0, 0.05) is 33.5 Å². The second-order valence-electron chi connectivity index (χ2n) is 15.2. The van der Waals surface area contributed by atoms with E-state index in [1.807, 2.05) is 0 Å². The minimum Gasteiger partial charge on any atom is -0.310 e. The van der Waals surface area contributed by atoms with Gasteiger partial charge in [0.2, 0.25) is 0 Å². The van der Waals surface area contributed by atoms with Crippen LogP contribution in [-0.4, -0.2) is 4.57 Å². The number of hydrogen-bond acceptors (Lipinski definition) is 1. The smallest absolute Gasteiger partial charge is 0.0726 e. The molecule has 2 nitrogen and oxygen atoms in total. The summed E-state index contributed by atoms with van der Waals surface area (Å²) in [5, 5.41) is 2.58. The predicted octanol–water partition coefficient (Wildman–Crippen LogP) is 14.3. The molecule has 1 atom stereocenters. The van der Waals surface area contributed by atoms with Crippen LogP contribution >= 0.6 is 0 Å². The molecule has 1 aromatic heterocycles. The molecule has 12 rings (SSSR count). The fourth-order valence-corrected chi connectivity index (χ4v) is 10.1. The van der Waals surface area contributed by atoms with Gasteiger partial charge in [-0.15, -0.1) is 0 Å². The molecule has 9 aromatic carbocycles. The molecule has 57 heavy (non-hydrogen) atoms. The summed E-state index contributed by atoms with van der Waals surface area (Å²) < 4.78 is 2.44. The minimum atomic E-state index is -0.502. The van der Waals surface area contributed by atoms with Crippen molar-refractivity contribution in [2.75, 3.05) is 4.90 Å². The van der Waals surface area contributed by atoms with E-state index < -0.39 is 5.41 Å². The van der Waals surface area contributed by atoms with Crippen LogP contribution in [0.5, 0.6) is 0 Å². The van der Waals surface area contributed by atoms with Gasteiger partial charge in [-0.3, -0.25) is 0 Å². The molecule has 0 saturated carbocycles. The van der Waals surface area contributed by atoms with E-state index in [1.165, 1.54) is 83.1 Å². The number of anilines is 3. The van der Waals surface area contributed by atoms with Crippen LogP contribution < -0.4 is 4.90 Å². The molecule has 1 heterocycles. The van der Waals surface area contributed by atoms with Gasteiger partial charge in [-0.25, -0.2) is 0 Å². The van der Waals surface area contributed by atoms with Crippen LogP contribution in [0.15, 0.2) is 218 Å². The molecule has 2 heteroatoms. The van der Waals surface area contributed by atoms with E-state index in [0.29, 0.717) is 0 Å². The summed E-state index contributed by atoms with van der Waals surface area (Å²) in [6.07, 6.45) is 0. The highest BCUT2D eigenvalue weighted by atomic mass is 15.1. The Morgan fingerprint density at radius 1 is 0.351 bits per heavy atom. The number of fused-ring (bicyclic) bond motifs is 14. The molecule has 2 aliphatic rings. The Morgan fingerprint density at radius 2 is 0.912 bits per heavy atom. The van der Waals surface area contributed by atoms with Gasteiger partial charge in [0.25, 0.3) is 0 Å². The first kappa shape index (κ1) is 31.9. The van der Waals surface area contributed by atoms with Gasteiger partial charge < -0.3 is 9.47 Å². The van der Waals surface area contributed by atoms with Gasteiger partial charge in [0.1, 0.15) is 0 Å². The van der Waals surface area contributed by atoms with E-state index in [4.69, 9.17) is 0 Å². The number of hydrogen-bond donors (Lipinski definition) is 0. The summed E-state index contributed by atoms with van der Waals surface area (Å²) in [7, 11) is 0. The van der Waals surface area contributed by atoms with Gasteiger partial charge >= 0.3 is 0 Å². The number of benzene rings is 9. The fraction of sp³-hybridized carbons (Fsp3) is 0.0182. The molecule has 0 N–H and O–H groups in total. The molecule has 0 bridgehead atoms. The molecule has 1 unspecified atom stereocenters. The zero-order chi connectivity index (χ0) is 37.5. The highest BCUT2D eigenvalue weighted by Gasteiger charge is 2.52. The Morgan fingerprint density at radius 3 is 1.68 bits per heavy atom. The maximum atomic E-state index is 2.48. The van der Waals surface area contributed by atoms with Crippen molar-refractivity contribution in [1.29, 1.82) is 0 Å². The standard InChI is InChI=1S/C55H36N2/c1-4-16-37(17-5-1)38-28-30-41(31-29-38)56(39-18-6-2-7-19-39)42-32-33-44-43-22-10-13-25-47(43)55(50(44)36-42)48-26-14-11-23-45(48)53-49(55)34-35-52-54(53)46-24-12-15-27-51(46)57(52)40-20-8-3-9-21-40/h1-36H. The van der Waals surface area contributed by atoms with Crippen LogP contribution in [0.1, 0.15) is 22.3 Å². The third-order valence-electron chi connectivity index (χ3n) is 12.4. The van der Waals surface area contributed by atoms with Crippen molar-refractivity contribution in [3.05, 3.63) is 241 Å². The summed E-state index contributed by atoms with van der Waals surface area (Å²) in [6.45, 7) is 0. The van der Waals surface area contributed by atoms with Gasteiger partial charge in [-0.1, -0.05) is 158 Å². The number of para-hydroxylation sites is 3. The lowest BCUT2D eigenvalue weighted by molar-refractivity contribution is 0.794. The highest BCUT2D eigenvalue weighted by Crippen LogP contribution is 2.65. The van der Waals surface area contributed by atoms with Crippen LogP contribution in [-0.2, 0) is 5.41 Å². The lowest BCUT2D eigenvalue weighted by Gasteiger charge is -2.32. The van der Waals surface area contributed by atoms with E-state index in [9.17, 15) is 0 Å². The van der Waals surface area contributed by atoms with Gasteiger partial charge in [0.15, 0.2) is 0 Å². The van der Waals surface area contributed by atoms with Crippen molar-refractivity contribution < 1.29 is 0 Å². The number of aromatic nitrogens is 1. The predicted molar refractivity (Wildman–Crippen MR) is 237 cm³/mol. The molecule has 10 aromatic rings. The summed E-state index contributed by atoms with van der Waals surface area (Å²) in [5.74, 6) is 0. The van der Waals surface area contributed by atoms with Crippen molar-refractivity contribution in [3.8, 4) is 39.1 Å². The lowest BCUT2D eigenvalue weighted by Crippen LogP contribution is -2.26. The Balaban J connectivity index is 1.13. The molecule has 0 fully saturated rings. The normalized spacial score (nSPS) is 14.7. The van der Waals surface area contributed by atoms with E-state index in [-0.39, 0.29) is 0 Å². The fourth-order valence-electron chi connectivity index (χ4n) is 10.1. The van der Waals surface area contributed by atoms with Crippen molar-refractivity contribution in [2.45, 2.75) is 5.41 Å². The zero-order valence-electron chi connectivity index (χ0n) is 31.2. The van der Waals surface area contributed by atoms with E-state index in [1.54, 1.807) is 0 Å². The number of rotatable bonds is 5. The molecule has 1 spiro atoms. The van der Waals surface area contributed by atoms with Gasteiger partial charge in [0.05, 0.1) is 16.4 Å². The first-order valence-electron chi connectivity index (χ1n) is 19.8. The molecule has 0 amide bonds. The zero-order valence-corrected chi connectivity index (χ0v) is 31.2. The maximum absolute atomic E-state index is 2.48. The third-order valence-corrected chi connectivity index (χ3v) is 12.4. The largest absolute Gasteiger partial charge is 0.310 e. The Bertz CT molecular complexity index is 3160. The summed E-state index contributed by atoms with van der Waals surface area (Å²) in [5.41, 5.74) is 19.5.